The maximum Gasteiger partial charge on any atom is 0.237 e. The molecule has 3 rings (SSSR count). The zero-order chi connectivity index (χ0) is 12.9. The minimum absolute atomic E-state index is 0.0502. The molecule has 4 heteroatoms. The fraction of sp³-hybridized carbons (Fsp3) is 0.429. The highest BCUT2D eigenvalue weighted by molar-refractivity contribution is 6.22. The molecule has 0 bridgehead atoms. The lowest BCUT2D eigenvalue weighted by atomic mass is 10.00. The molecule has 2 amide bonds. The largest absolute Gasteiger partial charge is 0.398 e. The Hall–Kier alpha value is -1.84. The molecule has 1 heterocycles. The van der Waals surface area contributed by atoms with Crippen LogP contribution in [-0.4, -0.2) is 11.8 Å². The first kappa shape index (κ1) is 11.3. The number of nitrogens with zero attached hydrogens (tertiary/aromatic N) is 1. The smallest absolute Gasteiger partial charge is 0.237 e. The van der Waals surface area contributed by atoms with E-state index in [2.05, 4.69) is 0 Å². The van der Waals surface area contributed by atoms with Gasteiger partial charge < -0.3 is 5.73 Å². The monoisotopic (exact) mass is 244 g/mol. The number of fused-ring (bicyclic) bond motifs is 1. The van der Waals surface area contributed by atoms with Crippen molar-refractivity contribution < 1.29 is 9.59 Å². The SMILES string of the molecule is Cc1ccc(N2C(=O)C3CCCC3C2=O)cc1N. The minimum Gasteiger partial charge on any atom is -0.398 e. The van der Waals surface area contributed by atoms with Crippen molar-refractivity contribution in [2.75, 3.05) is 10.6 Å². The summed E-state index contributed by atoms with van der Waals surface area (Å²) in [5, 5.41) is 0. The first-order chi connectivity index (χ1) is 8.59. The second-order valence-electron chi connectivity index (χ2n) is 5.20. The highest BCUT2D eigenvalue weighted by Crippen LogP contribution is 2.41. The first-order valence-corrected chi connectivity index (χ1v) is 6.33. The van der Waals surface area contributed by atoms with Gasteiger partial charge in [-0.25, -0.2) is 4.90 Å². The van der Waals surface area contributed by atoms with Gasteiger partial charge in [-0.2, -0.15) is 0 Å². The molecule has 1 saturated heterocycles. The molecule has 0 aromatic heterocycles. The molecule has 1 saturated carbocycles. The van der Waals surface area contributed by atoms with Crippen LogP contribution < -0.4 is 10.6 Å². The Morgan fingerprint density at radius 1 is 1.17 bits per heavy atom. The molecule has 0 spiro atoms. The van der Waals surface area contributed by atoms with Crippen LogP contribution >= 0.6 is 0 Å². The summed E-state index contributed by atoms with van der Waals surface area (Å²) in [4.78, 5) is 25.8. The van der Waals surface area contributed by atoms with Crippen molar-refractivity contribution in [1.82, 2.24) is 0 Å². The van der Waals surface area contributed by atoms with Crippen molar-refractivity contribution in [2.24, 2.45) is 11.8 Å². The van der Waals surface area contributed by atoms with Crippen LogP contribution in [-0.2, 0) is 9.59 Å². The highest BCUT2D eigenvalue weighted by atomic mass is 16.2. The van der Waals surface area contributed by atoms with Crippen LogP contribution in [0.2, 0.25) is 0 Å². The molecule has 1 aliphatic heterocycles. The molecule has 2 unspecified atom stereocenters. The molecule has 1 aliphatic carbocycles. The molecule has 2 N–H and O–H groups in total. The van der Waals surface area contributed by atoms with Gasteiger partial charge in [0.15, 0.2) is 0 Å². The fourth-order valence-electron chi connectivity index (χ4n) is 3.01. The molecule has 2 aliphatic rings. The van der Waals surface area contributed by atoms with Gasteiger partial charge >= 0.3 is 0 Å². The van der Waals surface area contributed by atoms with E-state index in [1.807, 2.05) is 13.0 Å². The lowest BCUT2D eigenvalue weighted by Crippen LogP contribution is -2.31. The number of nitrogens with two attached hydrogens (primary N) is 1. The Balaban J connectivity index is 1.99. The number of anilines is 2. The van der Waals surface area contributed by atoms with Crippen LogP contribution in [0.15, 0.2) is 18.2 Å². The number of nitrogen functional groups attached to an aromatic ring is 1. The number of imide groups is 1. The van der Waals surface area contributed by atoms with Crippen molar-refractivity contribution >= 4 is 23.2 Å². The van der Waals surface area contributed by atoms with Crippen LogP contribution in [0.4, 0.5) is 11.4 Å². The second kappa shape index (κ2) is 3.83. The van der Waals surface area contributed by atoms with E-state index in [-0.39, 0.29) is 23.7 Å². The summed E-state index contributed by atoms with van der Waals surface area (Å²) in [5.41, 5.74) is 8.03. The minimum atomic E-state index is -0.0972. The van der Waals surface area contributed by atoms with E-state index in [4.69, 9.17) is 5.73 Å². The van der Waals surface area contributed by atoms with Gasteiger partial charge in [0.1, 0.15) is 0 Å². The molecule has 0 radical (unpaired) electrons. The quantitative estimate of drug-likeness (QED) is 0.606. The van der Waals surface area contributed by atoms with Gasteiger partial charge in [-0.3, -0.25) is 9.59 Å². The summed E-state index contributed by atoms with van der Waals surface area (Å²) in [6.45, 7) is 1.90. The number of rotatable bonds is 1. The van der Waals surface area contributed by atoms with E-state index in [0.717, 1.165) is 24.8 Å². The third-order valence-corrected chi connectivity index (χ3v) is 4.11. The summed E-state index contributed by atoms with van der Waals surface area (Å²) in [6.07, 6.45) is 2.66. The van der Waals surface area contributed by atoms with Gasteiger partial charge in [0.25, 0.3) is 0 Å². The number of carbonyl (C=O) groups is 2. The molecule has 1 aromatic rings. The predicted molar refractivity (Wildman–Crippen MR) is 68.9 cm³/mol. The summed E-state index contributed by atoms with van der Waals surface area (Å²) in [7, 11) is 0. The van der Waals surface area contributed by atoms with Crippen molar-refractivity contribution in [3.8, 4) is 0 Å². The summed E-state index contributed by atoms with van der Waals surface area (Å²) in [6, 6.07) is 5.36. The van der Waals surface area contributed by atoms with Crippen LogP contribution in [0.1, 0.15) is 24.8 Å². The molecule has 2 fully saturated rings. The van der Waals surface area contributed by atoms with Crippen LogP contribution in [0, 0.1) is 18.8 Å². The molecule has 1 aromatic carbocycles. The van der Waals surface area contributed by atoms with E-state index in [1.165, 1.54) is 4.90 Å². The Morgan fingerprint density at radius 3 is 2.33 bits per heavy atom. The Labute approximate surface area is 106 Å². The topological polar surface area (TPSA) is 63.4 Å². The number of hydrogen-bond donors (Lipinski definition) is 1. The van der Waals surface area contributed by atoms with E-state index < -0.39 is 0 Å². The Bertz CT molecular complexity index is 517. The maximum atomic E-state index is 12.3. The van der Waals surface area contributed by atoms with Gasteiger partial charge in [0.2, 0.25) is 11.8 Å². The van der Waals surface area contributed by atoms with Crippen molar-refractivity contribution in [3.05, 3.63) is 23.8 Å². The normalized spacial score (nSPS) is 26.8. The first-order valence-electron chi connectivity index (χ1n) is 6.33. The van der Waals surface area contributed by atoms with E-state index in [1.54, 1.807) is 12.1 Å². The number of hydrogen-bond acceptors (Lipinski definition) is 3. The summed E-state index contributed by atoms with van der Waals surface area (Å²) < 4.78 is 0. The Morgan fingerprint density at radius 2 is 1.78 bits per heavy atom. The second-order valence-corrected chi connectivity index (χ2v) is 5.20. The van der Waals surface area contributed by atoms with Crippen molar-refractivity contribution in [1.29, 1.82) is 0 Å². The van der Waals surface area contributed by atoms with Crippen molar-refractivity contribution in [3.63, 3.8) is 0 Å². The molecule has 4 nitrogen and oxygen atoms in total. The van der Waals surface area contributed by atoms with Gasteiger partial charge in [-0.05, 0) is 37.5 Å². The standard InChI is InChI=1S/C14H16N2O2/c1-8-5-6-9(7-12(8)15)16-13(17)10-3-2-4-11(10)14(16)18/h5-7,10-11H,2-4,15H2,1H3. The lowest BCUT2D eigenvalue weighted by molar-refractivity contribution is -0.122. The number of aryl methyl sites for hydroxylation is 1. The van der Waals surface area contributed by atoms with Gasteiger partial charge in [-0.15, -0.1) is 0 Å². The maximum absolute atomic E-state index is 12.3. The molecule has 2 atom stereocenters. The fourth-order valence-corrected chi connectivity index (χ4v) is 3.01. The molecule has 18 heavy (non-hydrogen) atoms. The zero-order valence-corrected chi connectivity index (χ0v) is 10.3. The number of benzene rings is 1. The average Bonchev–Trinajstić information content (AvgIpc) is 2.89. The third-order valence-electron chi connectivity index (χ3n) is 4.11. The predicted octanol–water partition coefficient (Wildman–Crippen LogP) is 1.87. The number of carbonyl (C=O) groups excluding carboxylic acids is 2. The van der Waals surface area contributed by atoms with E-state index in [9.17, 15) is 9.59 Å². The van der Waals surface area contributed by atoms with Crippen LogP contribution in [0.5, 0.6) is 0 Å². The lowest BCUT2D eigenvalue weighted by Gasteiger charge is -2.16. The van der Waals surface area contributed by atoms with Crippen LogP contribution in [0.25, 0.3) is 0 Å². The van der Waals surface area contributed by atoms with E-state index >= 15 is 0 Å². The summed E-state index contributed by atoms with van der Waals surface area (Å²) in [5.74, 6) is -0.295. The van der Waals surface area contributed by atoms with Crippen LogP contribution in [0.3, 0.4) is 0 Å². The Kier molecular flexibility index (Phi) is 2.40. The van der Waals surface area contributed by atoms with Gasteiger partial charge in [0.05, 0.1) is 17.5 Å². The zero-order valence-electron chi connectivity index (χ0n) is 10.3. The third kappa shape index (κ3) is 1.45. The van der Waals surface area contributed by atoms with Gasteiger partial charge in [0, 0.05) is 5.69 Å². The average molecular weight is 244 g/mol. The number of amides is 2. The van der Waals surface area contributed by atoms with Gasteiger partial charge in [-0.1, -0.05) is 12.5 Å². The molecular formula is C14H16N2O2. The highest BCUT2D eigenvalue weighted by Gasteiger charge is 2.50. The van der Waals surface area contributed by atoms with Crippen molar-refractivity contribution in [2.45, 2.75) is 26.2 Å². The van der Waals surface area contributed by atoms with E-state index in [0.29, 0.717) is 11.4 Å². The molecule has 94 valence electrons. The molecular weight excluding hydrogens is 228 g/mol. The summed E-state index contributed by atoms with van der Waals surface area (Å²) >= 11 is 0.